The third kappa shape index (κ3) is 0.997. The van der Waals surface area contributed by atoms with E-state index in [0.717, 1.165) is 16.5 Å². The fourth-order valence-corrected chi connectivity index (χ4v) is 1.76. The van der Waals surface area contributed by atoms with Crippen LogP contribution in [0.25, 0.3) is 11.0 Å². The molecule has 1 aromatic carbocycles. The topological polar surface area (TPSA) is 48.4 Å². The van der Waals surface area contributed by atoms with Gasteiger partial charge in [0.2, 0.25) is 0 Å². The van der Waals surface area contributed by atoms with Crippen molar-refractivity contribution in [3.05, 3.63) is 36.1 Å². The molecule has 1 aliphatic rings. The molecule has 0 saturated carbocycles. The molecule has 1 aromatic heterocycles. The highest BCUT2D eigenvalue weighted by atomic mass is 16.5. The lowest BCUT2D eigenvalue weighted by Crippen LogP contribution is -2.54. The van der Waals surface area contributed by atoms with Crippen LogP contribution in [0.4, 0.5) is 0 Å². The van der Waals surface area contributed by atoms with Gasteiger partial charge in [-0.3, -0.25) is 0 Å². The highest BCUT2D eigenvalue weighted by molar-refractivity contribution is 5.78. The number of rotatable bonds is 1. The van der Waals surface area contributed by atoms with Crippen molar-refractivity contribution in [3.8, 4) is 0 Å². The first-order chi connectivity index (χ1) is 6.78. The Morgan fingerprint density at radius 1 is 1.21 bits per heavy atom. The van der Waals surface area contributed by atoms with Gasteiger partial charge in [-0.25, -0.2) is 0 Å². The third-order valence-corrected chi connectivity index (χ3v) is 2.75. The summed E-state index contributed by atoms with van der Waals surface area (Å²) in [7, 11) is 0. The minimum absolute atomic E-state index is 0.286. The summed E-state index contributed by atoms with van der Waals surface area (Å²) in [6, 6.07) is 7.98. The van der Waals surface area contributed by atoms with Crippen LogP contribution in [0.2, 0.25) is 0 Å². The molecule has 2 heterocycles. The highest BCUT2D eigenvalue weighted by Crippen LogP contribution is 2.29. The van der Waals surface area contributed by atoms with E-state index >= 15 is 0 Å². The SMILES string of the molecule is NC1(c2ccc3occc3c2)COC1. The maximum Gasteiger partial charge on any atom is 0.133 e. The summed E-state index contributed by atoms with van der Waals surface area (Å²) in [5, 5.41) is 1.10. The molecule has 1 aliphatic heterocycles. The maximum absolute atomic E-state index is 6.13. The average Bonchev–Trinajstić information content (AvgIpc) is 2.60. The largest absolute Gasteiger partial charge is 0.464 e. The van der Waals surface area contributed by atoms with E-state index in [9.17, 15) is 0 Å². The predicted molar refractivity (Wildman–Crippen MR) is 52.9 cm³/mol. The number of fused-ring (bicyclic) bond motifs is 1. The first-order valence-electron chi connectivity index (χ1n) is 4.62. The zero-order valence-corrected chi connectivity index (χ0v) is 7.69. The molecule has 0 radical (unpaired) electrons. The van der Waals surface area contributed by atoms with Gasteiger partial charge in [-0.15, -0.1) is 0 Å². The van der Waals surface area contributed by atoms with Crippen molar-refractivity contribution < 1.29 is 9.15 Å². The van der Waals surface area contributed by atoms with Crippen molar-refractivity contribution in [1.29, 1.82) is 0 Å². The summed E-state index contributed by atoms with van der Waals surface area (Å²) in [6.07, 6.45) is 1.69. The van der Waals surface area contributed by atoms with Gasteiger partial charge in [0, 0.05) is 5.39 Å². The average molecular weight is 189 g/mol. The number of ether oxygens (including phenoxy) is 1. The van der Waals surface area contributed by atoms with Gasteiger partial charge in [0.25, 0.3) is 0 Å². The summed E-state index contributed by atoms with van der Waals surface area (Å²) in [5.74, 6) is 0. The molecule has 0 spiro atoms. The predicted octanol–water partition coefficient (Wildman–Crippen LogP) is 1.62. The van der Waals surface area contributed by atoms with E-state index in [0.29, 0.717) is 13.2 Å². The third-order valence-electron chi connectivity index (χ3n) is 2.75. The van der Waals surface area contributed by atoms with E-state index in [-0.39, 0.29) is 5.54 Å². The molecular formula is C11H11NO2. The standard InChI is InChI=1S/C11H11NO2/c12-11(6-13-7-11)9-1-2-10-8(5-9)3-4-14-10/h1-5H,6-7,12H2. The van der Waals surface area contributed by atoms with Crippen molar-refractivity contribution >= 4 is 11.0 Å². The smallest absolute Gasteiger partial charge is 0.133 e. The van der Waals surface area contributed by atoms with Gasteiger partial charge in [-0.05, 0) is 23.8 Å². The number of furan rings is 1. The lowest BCUT2D eigenvalue weighted by molar-refractivity contribution is -0.0568. The normalized spacial score (nSPS) is 19.5. The van der Waals surface area contributed by atoms with Crippen LogP contribution < -0.4 is 5.73 Å². The van der Waals surface area contributed by atoms with Crippen LogP contribution in [0.3, 0.4) is 0 Å². The Kier molecular flexibility index (Phi) is 1.48. The van der Waals surface area contributed by atoms with Crippen LogP contribution >= 0.6 is 0 Å². The molecule has 0 amide bonds. The minimum atomic E-state index is -0.286. The van der Waals surface area contributed by atoms with E-state index in [1.165, 1.54) is 0 Å². The van der Waals surface area contributed by atoms with E-state index in [1.807, 2.05) is 18.2 Å². The van der Waals surface area contributed by atoms with Crippen molar-refractivity contribution in [3.63, 3.8) is 0 Å². The van der Waals surface area contributed by atoms with Gasteiger partial charge in [0.1, 0.15) is 5.58 Å². The van der Waals surface area contributed by atoms with Crippen LogP contribution in [0.15, 0.2) is 34.9 Å². The lowest BCUT2D eigenvalue weighted by Gasteiger charge is -2.38. The van der Waals surface area contributed by atoms with Crippen LogP contribution in [0, 0.1) is 0 Å². The fraction of sp³-hybridized carbons (Fsp3) is 0.273. The Balaban J connectivity index is 2.13. The second-order valence-corrected chi connectivity index (χ2v) is 3.82. The quantitative estimate of drug-likeness (QED) is 0.741. The highest BCUT2D eigenvalue weighted by Gasteiger charge is 2.36. The van der Waals surface area contributed by atoms with Crippen molar-refractivity contribution in [2.24, 2.45) is 5.73 Å². The lowest BCUT2D eigenvalue weighted by atomic mass is 9.89. The second kappa shape index (κ2) is 2.59. The number of hydrogen-bond donors (Lipinski definition) is 1. The zero-order chi connectivity index (χ0) is 9.60. The molecule has 3 nitrogen and oxygen atoms in total. The van der Waals surface area contributed by atoms with Gasteiger partial charge in [0.15, 0.2) is 0 Å². The van der Waals surface area contributed by atoms with Crippen LogP contribution in [0.5, 0.6) is 0 Å². The van der Waals surface area contributed by atoms with Crippen LogP contribution in [0.1, 0.15) is 5.56 Å². The number of hydrogen-bond acceptors (Lipinski definition) is 3. The van der Waals surface area contributed by atoms with Crippen molar-refractivity contribution in [2.75, 3.05) is 13.2 Å². The van der Waals surface area contributed by atoms with E-state index in [4.69, 9.17) is 14.9 Å². The molecule has 3 heteroatoms. The van der Waals surface area contributed by atoms with Gasteiger partial charge < -0.3 is 14.9 Å². The summed E-state index contributed by atoms with van der Waals surface area (Å²) >= 11 is 0. The monoisotopic (exact) mass is 189 g/mol. The molecule has 2 aromatic rings. The van der Waals surface area contributed by atoms with Crippen molar-refractivity contribution in [2.45, 2.75) is 5.54 Å². The maximum atomic E-state index is 6.13. The molecule has 0 aliphatic carbocycles. The molecule has 3 rings (SSSR count). The Hall–Kier alpha value is -1.32. The molecule has 2 N–H and O–H groups in total. The van der Waals surface area contributed by atoms with E-state index < -0.39 is 0 Å². The summed E-state index contributed by atoms with van der Waals surface area (Å²) in [4.78, 5) is 0. The zero-order valence-electron chi connectivity index (χ0n) is 7.69. The Bertz CT molecular complexity index is 471. The van der Waals surface area contributed by atoms with Gasteiger partial charge in [-0.2, -0.15) is 0 Å². The molecule has 14 heavy (non-hydrogen) atoms. The Labute approximate surface area is 81.4 Å². The van der Waals surface area contributed by atoms with Crippen LogP contribution in [-0.2, 0) is 10.3 Å². The van der Waals surface area contributed by atoms with Crippen molar-refractivity contribution in [1.82, 2.24) is 0 Å². The molecule has 1 fully saturated rings. The molecule has 0 atom stereocenters. The Morgan fingerprint density at radius 2 is 2.07 bits per heavy atom. The van der Waals surface area contributed by atoms with Crippen LogP contribution in [-0.4, -0.2) is 13.2 Å². The minimum Gasteiger partial charge on any atom is -0.464 e. The molecule has 72 valence electrons. The van der Waals surface area contributed by atoms with Gasteiger partial charge in [-0.1, -0.05) is 6.07 Å². The molecule has 0 bridgehead atoms. The van der Waals surface area contributed by atoms with E-state index in [1.54, 1.807) is 6.26 Å². The van der Waals surface area contributed by atoms with Gasteiger partial charge >= 0.3 is 0 Å². The summed E-state index contributed by atoms with van der Waals surface area (Å²) < 4.78 is 10.4. The first-order valence-corrected chi connectivity index (χ1v) is 4.62. The molecular weight excluding hydrogens is 178 g/mol. The number of benzene rings is 1. The molecule has 0 unspecified atom stereocenters. The number of nitrogens with two attached hydrogens (primary N) is 1. The fourth-order valence-electron chi connectivity index (χ4n) is 1.76. The Morgan fingerprint density at radius 3 is 2.79 bits per heavy atom. The van der Waals surface area contributed by atoms with Gasteiger partial charge in [0.05, 0.1) is 25.0 Å². The van der Waals surface area contributed by atoms with E-state index in [2.05, 4.69) is 6.07 Å². The molecule has 1 saturated heterocycles. The summed E-state index contributed by atoms with van der Waals surface area (Å²) in [5.41, 5.74) is 7.87. The summed E-state index contributed by atoms with van der Waals surface area (Å²) in [6.45, 7) is 1.21. The second-order valence-electron chi connectivity index (χ2n) is 3.82. The first kappa shape index (κ1) is 8.03.